The van der Waals surface area contributed by atoms with E-state index in [2.05, 4.69) is 10.1 Å². The van der Waals surface area contributed by atoms with Crippen LogP contribution in [0.1, 0.15) is 55.4 Å². The first kappa shape index (κ1) is 15.4. The molecule has 0 spiro atoms. The lowest BCUT2D eigenvalue weighted by molar-refractivity contribution is 0.0710. The van der Waals surface area contributed by atoms with Gasteiger partial charge in [-0.3, -0.25) is 4.79 Å². The molecule has 6 heteroatoms. The lowest BCUT2D eigenvalue weighted by atomic mass is 9.97. The van der Waals surface area contributed by atoms with E-state index in [-0.39, 0.29) is 5.91 Å². The van der Waals surface area contributed by atoms with Crippen molar-refractivity contribution in [3.63, 3.8) is 0 Å². The Morgan fingerprint density at radius 2 is 2.08 bits per heavy atom. The predicted molar refractivity (Wildman–Crippen MR) is 90.2 cm³/mol. The first-order valence-electron chi connectivity index (χ1n) is 8.96. The van der Waals surface area contributed by atoms with Gasteiger partial charge < -0.3 is 9.64 Å². The van der Waals surface area contributed by atoms with E-state index >= 15 is 0 Å². The Balaban J connectivity index is 1.58. The van der Waals surface area contributed by atoms with E-state index in [9.17, 15) is 4.79 Å². The number of ether oxygens (including phenoxy) is 1. The smallest absolute Gasteiger partial charge is 0.274 e. The number of methoxy groups -OCH3 is 1. The fraction of sp³-hybridized carbons (Fsp3) is 0.611. The van der Waals surface area contributed by atoms with Gasteiger partial charge in [-0.05, 0) is 31.2 Å². The van der Waals surface area contributed by atoms with Crippen molar-refractivity contribution >= 4 is 11.6 Å². The van der Waals surface area contributed by atoms with Gasteiger partial charge in [0.15, 0.2) is 11.3 Å². The second-order valence-corrected chi connectivity index (χ2v) is 6.97. The van der Waals surface area contributed by atoms with Crippen molar-refractivity contribution in [3.8, 4) is 5.88 Å². The van der Waals surface area contributed by atoms with Crippen LogP contribution in [-0.2, 0) is 0 Å². The van der Waals surface area contributed by atoms with Gasteiger partial charge in [-0.2, -0.15) is 0 Å². The van der Waals surface area contributed by atoms with Crippen LogP contribution in [0.2, 0.25) is 0 Å². The average Bonchev–Trinajstić information content (AvgIpc) is 3.34. The molecule has 0 aromatic carbocycles. The molecule has 1 aliphatic carbocycles. The summed E-state index contributed by atoms with van der Waals surface area (Å²) in [5.74, 6) is 1.33. The van der Waals surface area contributed by atoms with Gasteiger partial charge in [0.2, 0.25) is 5.88 Å². The molecule has 1 aliphatic heterocycles. The molecule has 2 aromatic heterocycles. The van der Waals surface area contributed by atoms with Gasteiger partial charge in [0, 0.05) is 18.7 Å². The Morgan fingerprint density at radius 3 is 2.88 bits per heavy atom. The van der Waals surface area contributed by atoms with Crippen molar-refractivity contribution in [1.82, 2.24) is 19.5 Å². The molecular weight excluding hydrogens is 304 g/mol. The predicted octanol–water partition coefficient (Wildman–Crippen LogP) is 2.92. The molecule has 0 bridgehead atoms. The van der Waals surface area contributed by atoms with Crippen LogP contribution in [0.4, 0.5) is 0 Å². The standard InChI is InChI=1S/C18H24N4O2/c1-24-17-9-8-16-19-12-15(22(16)20-17)18(23)21-10-4-7-14(21)11-13-5-2-3-6-13/h8-9,12-14H,2-7,10-11H2,1H3. The molecule has 1 unspecified atom stereocenters. The maximum Gasteiger partial charge on any atom is 0.274 e. The molecule has 0 N–H and O–H groups in total. The normalized spacial score (nSPS) is 21.7. The summed E-state index contributed by atoms with van der Waals surface area (Å²) in [5, 5.41) is 4.36. The zero-order valence-corrected chi connectivity index (χ0v) is 14.1. The molecule has 1 amide bonds. The van der Waals surface area contributed by atoms with Gasteiger partial charge in [0.25, 0.3) is 5.91 Å². The summed E-state index contributed by atoms with van der Waals surface area (Å²) in [7, 11) is 1.57. The largest absolute Gasteiger partial charge is 0.480 e. The Morgan fingerprint density at radius 1 is 1.25 bits per heavy atom. The van der Waals surface area contributed by atoms with Crippen LogP contribution < -0.4 is 4.74 Å². The fourth-order valence-electron chi connectivity index (χ4n) is 4.24. The first-order valence-corrected chi connectivity index (χ1v) is 8.96. The number of likely N-dealkylation sites (tertiary alicyclic amines) is 1. The number of aromatic nitrogens is 3. The molecule has 2 fully saturated rings. The van der Waals surface area contributed by atoms with E-state index in [4.69, 9.17) is 4.74 Å². The highest BCUT2D eigenvalue weighted by molar-refractivity contribution is 5.93. The van der Waals surface area contributed by atoms with Crippen molar-refractivity contribution in [3.05, 3.63) is 24.0 Å². The van der Waals surface area contributed by atoms with Crippen LogP contribution in [0.15, 0.2) is 18.3 Å². The maximum atomic E-state index is 13.1. The van der Waals surface area contributed by atoms with Crippen LogP contribution in [0.5, 0.6) is 5.88 Å². The topological polar surface area (TPSA) is 59.7 Å². The molecule has 4 rings (SSSR count). The van der Waals surface area contributed by atoms with Crippen LogP contribution in [0.3, 0.4) is 0 Å². The van der Waals surface area contributed by atoms with Crippen molar-refractivity contribution in [2.45, 2.75) is 51.0 Å². The van der Waals surface area contributed by atoms with Crippen LogP contribution in [0.25, 0.3) is 5.65 Å². The summed E-state index contributed by atoms with van der Waals surface area (Å²) in [5.41, 5.74) is 1.20. The van der Waals surface area contributed by atoms with Gasteiger partial charge >= 0.3 is 0 Å². The highest BCUT2D eigenvalue weighted by Crippen LogP contribution is 2.33. The monoisotopic (exact) mass is 328 g/mol. The van der Waals surface area contributed by atoms with Crippen LogP contribution in [-0.4, -0.2) is 45.1 Å². The van der Waals surface area contributed by atoms with Gasteiger partial charge in [-0.1, -0.05) is 25.7 Å². The third-order valence-electron chi connectivity index (χ3n) is 5.48. The molecule has 128 valence electrons. The number of carbonyl (C=O) groups excluding carboxylic acids is 1. The van der Waals surface area contributed by atoms with Gasteiger partial charge in [-0.15, -0.1) is 5.10 Å². The Bertz CT molecular complexity index is 736. The molecule has 1 saturated carbocycles. The van der Waals surface area contributed by atoms with E-state index in [1.807, 2.05) is 11.0 Å². The van der Waals surface area contributed by atoms with Crippen molar-refractivity contribution in [1.29, 1.82) is 0 Å². The maximum absolute atomic E-state index is 13.1. The quantitative estimate of drug-likeness (QED) is 0.866. The third kappa shape index (κ3) is 2.74. The minimum Gasteiger partial charge on any atom is -0.480 e. The molecule has 24 heavy (non-hydrogen) atoms. The number of rotatable bonds is 4. The molecular formula is C18H24N4O2. The fourth-order valence-corrected chi connectivity index (χ4v) is 4.24. The van der Waals surface area contributed by atoms with Gasteiger partial charge in [0.1, 0.15) is 0 Å². The second-order valence-electron chi connectivity index (χ2n) is 6.97. The van der Waals surface area contributed by atoms with Crippen molar-refractivity contribution in [2.75, 3.05) is 13.7 Å². The average molecular weight is 328 g/mol. The molecule has 1 atom stereocenters. The van der Waals surface area contributed by atoms with Crippen molar-refractivity contribution in [2.24, 2.45) is 5.92 Å². The molecule has 2 aromatic rings. The summed E-state index contributed by atoms with van der Waals surface area (Å²) >= 11 is 0. The minimum absolute atomic E-state index is 0.0451. The molecule has 1 saturated heterocycles. The number of hydrogen-bond acceptors (Lipinski definition) is 4. The Hall–Kier alpha value is -2.11. The van der Waals surface area contributed by atoms with E-state index in [1.54, 1.807) is 23.9 Å². The Labute approximate surface area is 141 Å². The number of hydrogen-bond donors (Lipinski definition) is 0. The molecule has 6 nitrogen and oxygen atoms in total. The summed E-state index contributed by atoms with van der Waals surface area (Å²) < 4.78 is 6.78. The van der Waals surface area contributed by atoms with E-state index in [0.29, 0.717) is 23.3 Å². The number of carbonyl (C=O) groups is 1. The van der Waals surface area contributed by atoms with Gasteiger partial charge in [-0.25, -0.2) is 9.50 Å². The lowest BCUT2D eigenvalue weighted by Gasteiger charge is -2.26. The summed E-state index contributed by atoms with van der Waals surface area (Å²) in [4.78, 5) is 19.4. The van der Waals surface area contributed by atoms with Gasteiger partial charge in [0.05, 0.1) is 13.3 Å². The number of amides is 1. The molecule has 3 heterocycles. The summed E-state index contributed by atoms with van der Waals surface area (Å²) in [6.07, 6.45) is 10.4. The number of nitrogens with zero attached hydrogens (tertiary/aromatic N) is 4. The first-order chi connectivity index (χ1) is 11.8. The van der Waals surface area contributed by atoms with Crippen molar-refractivity contribution < 1.29 is 9.53 Å². The second kappa shape index (κ2) is 6.42. The SMILES string of the molecule is COc1ccc2ncc(C(=O)N3CCCC3CC3CCCC3)n2n1. The minimum atomic E-state index is 0.0451. The molecule has 2 aliphatic rings. The summed E-state index contributed by atoms with van der Waals surface area (Å²) in [6, 6.07) is 3.95. The highest BCUT2D eigenvalue weighted by Gasteiger charge is 2.33. The van der Waals surface area contributed by atoms with E-state index in [1.165, 1.54) is 25.7 Å². The Kier molecular flexibility index (Phi) is 4.12. The number of fused-ring (bicyclic) bond motifs is 1. The zero-order valence-electron chi connectivity index (χ0n) is 14.1. The highest BCUT2D eigenvalue weighted by atomic mass is 16.5. The lowest BCUT2D eigenvalue weighted by Crippen LogP contribution is -2.37. The van der Waals surface area contributed by atoms with Crippen LogP contribution >= 0.6 is 0 Å². The number of imidazole rings is 1. The zero-order chi connectivity index (χ0) is 16.5. The van der Waals surface area contributed by atoms with E-state index < -0.39 is 0 Å². The third-order valence-corrected chi connectivity index (χ3v) is 5.48. The van der Waals surface area contributed by atoms with Crippen LogP contribution in [0, 0.1) is 5.92 Å². The van der Waals surface area contributed by atoms with E-state index in [0.717, 1.165) is 31.7 Å². The summed E-state index contributed by atoms with van der Waals surface area (Å²) in [6.45, 7) is 0.841. The molecule has 0 radical (unpaired) electrons.